The number of hydrogen-bond acceptors (Lipinski definition) is 4. The van der Waals surface area contributed by atoms with E-state index in [-0.39, 0.29) is 6.03 Å². The molecule has 1 aliphatic rings. The van der Waals surface area contributed by atoms with Crippen molar-refractivity contribution in [3.8, 4) is 11.5 Å². The Bertz CT molecular complexity index is 514. The van der Waals surface area contributed by atoms with Crippen LogP contribution in [-0.4, -0.2) is 69.8 Å². The second kappa shape index (κ2) is 8.06. The Kier molecular flexibility index (Phi) is 6.10. The quantitative estimate of drug-likeness (QED) is 0.864. The topological polar surface area (TPSA) is 54.0 Å². The van der Waals surface area contributed by atoms with Crippen molar-refractivity contribution in [3.05, 3.63) is 23.8 Å². The standard InChI is InChI=1S/C17H27N3O3/c1-19-8-6-14(12-19)20(2)17(21)18-7-5-13-9-15(22-3)11-16(10-13)23-4/h9-11,14H,5-8,12H2,1-4H3,(H,18,21). The zero-order valence-electron chi connectivity index (χ0n) is 14.5. The first-order valence-corrected chi connectivity index (χ1v) is 7.94. The molecule has 1 aliphatic heterocycles. The van der Waals surface area contributed by atoms with Crippen molar-refractivity contribution in [1.29, 1.82) is 0 Å². The summed E-state index contributed by atoms with van der Waals surface area (Å²) in [5, 5.41) is 2.98. The Morgan fingerprint density at radius 2 is 1.96 bits per heavy atom. The second-order valence-electron chi connectivity index (χ2n) is 6.02. The van der Waals surface area contributed by atoms with E-state index in [1.54, 1.807) is 14.2 Å². The van der Waals surface area contributed by atoms with Crippen LogP contribution in [0.1, 0.15) is 12.0 Å². The molecule has 0 spiro atoms. The molecule has 1 fully saturated rings. The van der Waals surface area contributed by atoms with E-state index in [0.717, 1.165) is 43.0 Å². The number of nitrogens with one attached hydrogen (secondary N) is 1. The zero-order valence-corrected chi connectivity index (χ0v) is 14.5. The fraction of sp³-hybridized carbons (Fsp3) is 0.588. The predicted octanol–water partition coefficient (Wildman–Crippen LogP) is 1.59. The molecule has 0 saturated carbocycles. The van der Waals surface area contributed by atoms with E-state index in [9.17, 15) is 4.79 Å². The number of amides is 2. The number of urea groups is 1. The number of rotatable bonds is 6. The van der Waals surface area contributed by atoms with Crippen molar-refractivity contribution in [1.82, 2.24) is 15.1 Å². The zero-order chi connectivity index (χ0) is 16.8. The van der Waals surface area contributed by atoms with Gasteiger partial charge in [0, 0.05) is 32.2 Å². The smallest absolute Gasteiger partial charge is 0.317 e. The fourth-order valence-electron chi connectivity index (χ4n) is 2.84. The minimum atomic E-state index is -0.0137. The second-order valence-corrected chi connectivity index (χ2v) is 6.02. The largest absolute Gasteiger partial charge is 0.497 e. The summed E-state index contributed by atoms with van der Waals surface area (Å²) in [6.45, 7) is 2.57. The van der Waals surface area contributed by atoms with Crippen molar-refractivity contribution in [2.24, 2.45) is 0 Å². The van der Waals surface area contributed by atoms with Gasteiger partial charge in [-0.2, -0.15) is 0 Å². The highest BCUT2D eigenvalue weighted by Crippen LogP contribution is 2.22. The molecule has 2 rings (SSSR count). The van der Waals surface area contributed by atoms with Gasteiger partial charge in [-0.1, -0.05) is 0 Å². The summed E-state index contributed by atoms with van der Waals surface area (Å²) < 4.78 is 10.5. The highest BCUT2D eigenvalue weighted by molar-refractivity contribution is 5.74. The van der Waals surface area contributed by atoms with Gasteiger partial charge >= 0.3 is 6.03 Å². The van der Waals surface area contributed by atoms with E-state index in [2.05, 4.69) is 17.3 Å². The van der Waals surface area contributed by atoms with Crippen LogP contribution < -0.4 is 14.8 Å². The number of ether oxygens (including phenoxy) is 2. The lowest BCUT2D eigenvalue weighted by atomic mass is 10.1. The minimum Gasteiger partial charge on any atom is -0.497 e. The van der Waals surface area contributed by atoms with E-state index in [0.29, 0.717) is 12.6 Å². The summed E-state index contributed by atoms with van der Waals surface area (Å²) >= 11 is 0. The molecule has 0 aliphatic carbocycles. The first-order chi connectivity index (χ1) is 11.0. The Balaban J connectivity index is 1.83. The van der Waals surface area contributed by atoms with Gasteiger partial charge in [-0.3, -0.25) is 0 Å². The highest BCUT2D eigenvalue weighted by atomic mass is 16.5. The molecule has 0 aromatic heterocycles. The first-order valence-electron chi connectivity index (χ1n) is 7.94. The molecule has 1 atom stereocenters. The van der Waals surface area contributed by atoms with Crippen LogP contribution in [0.25, 0.3) is 0 Å². The van der Waals surface area contributed by atoms with Gasteiger partial charge in [0.1, 0.15) is 11.5 Å². The molecule has 6 heteroatoms. The molecule has 1 aromatic rings. The molecule has 23 heavy (non-hydrogen) atoms. The van der Waals surface area contributed by atoms with E-state index in [1.165, 1.54) is 0 Å². The molecular formula is C17H27N3O3. The minimum absolute atomic E-state index is 0.0137. The number of carbonyl (C=O) groups is 1. The van der Waals surface area contributed by atoms with E-state index in [1.807, 2.05) is 30.1 Å². The van der Waals surface area contributed by atoms with E-state index in [4.69, 9.17) is 9.47 Å². The lowest BCUT2D eigenvalue weighted by Gasteiger charge is -2.24. The van der Waals surface area contributed by atoms with Gasteiger partial charge in [-0.05, 0) is 44.1 Å². The molecule has 0 bridgehead atoms. The number of nitrogens with zero attached hydrogens (tertiary/aromatic N) is 2. The third-order valence-electron chi connectivity index (χ3n) is 4.34. The van der Waals surface area contributed by atoms with Crippen LogP contribution in [0.2, 0.25) is 0 Å². The lowest BCUT2D eigenvalue weighted by molar-refractivity contribution is 0.191. The molecule has 1 saturated heterocycles. The molecule has 1 N–H and O–H groups in total. The Hall–Kier alpha value is -1.95. The number of benzene rings is 1. The Morgan fingerprint density at radius 3 is 2.48 bits per heavy atom. The van der Waals surface area contributed by atoms with Crippen molar-refractivity contribution < 1.29 is 14.3 Å². The Labute approximate surface area is 138 Å². The summed E-state index contributed by atoms with van der Waals surface area (Å²) in [6, 6.07) is 6.05. The van der Waals surface area contributed by atoms with E-state index >= 15 is 0 Å². The average molecular weight is 321 g/mol. The lowest BCUT2D eigenvalue weighted by Crippen LogP contribution is -2.45. The van der Waals surface area contributed by atoms with Crippen LogP contribution >= 0.6 is 0 Å². The Morgan fingerprint density at radius 1 is 1.30 bits per heavy atom. The van der Waals surface area contributed by atoms with Gasteiger partial charge in [0.05, 0.1) is 14.2 Å². The molecule has 2 amide bonds. The molecule has 0 radical (unpaired) electrons. The third kappa shape index (κ3) is 4.76. The van der Waals surface area contributed by atoms with Crippen molar-refractivity contribution in [3.63, 3.8) is 0 Å². The average Bonchev–Trinajstić information content (AvgIpc) is 3.00. The number of carbonyl (C=O) groups excluding carboxylic acids is 1. The van der Waals surface area contributed by atoms with Crippen molar-refractivity contribution in [2.45, 2.75) is 18.9 Å². The number of methoxy groups -OCH3 is 2. The third-order valence-corrected chi connectivity index (χ3v) is 4.34. The van der Waals surface area contributed by atoms with Crippen LogP contribution in [0.4, 0.5) is 4.79 Å². The molecular weight excluding hydrogens is 294 g/mol. The van der Waals surface area contributed by atoms with Gasteiger partial charge in [0.15, 0.2) is 0 Å². The predicted molar refractivity (Wildman–Crippen MR) is 90.3 cm³/mol. The van der Waals surface area contributed by atoms with Gasteiger partial charge in [-0.15, -0.1) is 0 Å². The number of likely N-dealkylation sites (tertiary alicyclic amines) is 1. The normalized spacial score (nSPS) is 17.8. The maximum absolute atomic E-state index is 12.2. The summed E-state index contributed by atoms with van der Waals surface area (Å²) in [5.41, 5.74) is 1.07. The highest BCUT2D eigenvalue weighted by Gasteiger charge is 2.26. The maximum atomic E-state index is 12.2. The van der Waals surface area contributed by atoms with Crippen molar-refractivity contribution in [2.75, 3.05) is 47.9 Å². The molecule has 6 nitrogen and oxygen atoms in total. The number of likely N-dealkylation sites (N-methyl/N-ethyl adjacent to an activating group) is 2. The molecule has 1 heterocycles. The molecule has 128 valence electrons. The summed E-state index contributed by atoms with van der Waals surface area (Å²) in [7, 11) is 7.22. The maximum Gasteiger partial charge on any atom is 0.317 e. The SMILES string of the molecule is COc1cc(CCNC(=O)N(C)C2CCN(C)C2)cc(OC)c1. The summed E-state index contributed by atoms with van der Waals surface area (Å²) in [5.74, 6) is 1.52. The summed E-state index contributed by atoms with van der Waals surface area (Å²) in [4.78, 5) is 16.3. The van der Waals surface area contributed by atoms with Crippen LogP contribution in [0.15, 0.2) is 18.2 Å². The van der Waals surface area contributed by atoms with Crippen LogP contribution in [0.5, 0.6) is 11.5 Å². The molecule has 1 aromatic carbocycles. The fourth-order valence-corrected chi connectivity index (χ4v) is 2.84. The molecule has 1 unspecified atom stereocenters. The van der Waals surface area contributed by atoms with E-state index < -0.39 is 0 Å². The van der Waals surface area contributed by atoms with Gasteiger partial charge in [0.2, 0.25) is 0 Å². The van der Waals surface area contributed by atoms with Gasteiger partial charge in [-0.25, -0.2) is 4.79 Å². The van der Waals surface area contributed by atoms with Crippen LogP contribution in [0, 0.1) is 0 Å². The van der Waals surface area contributed by atoms with Gasteiger partial charge in [0.25, 0.3) is 0 Å². The number of hydrogen-bond donors (Lipinski definition) is 1. The summed E-state index contributed by atoms with van der Waals surface area (Å²) in [6.07, 6.45) is 1.77. The first kappa shape index (κ1) is 17.4. The van der Waals surface area contributed by atoms with Gasteiger partial charge < -0.3 is 24.6 Å². The van der Waals surface area contributed by atoms with Crippen molar-refractivity contribution >= 4 is 6.03 Å². The van der Waals surface area contributed by atoms with Crippen LogP contribution in [-0.2, 0) is 6.42 Å². The van der Waals surface area contributed by atoms with Crippen LogP contribution in [0.3, 0.4) is 0 Å². The monoisotopic (exact) mass is 321 g/mol.